The minimum absolute atomic E-state index is 0.0669. The molecular weight excluding hydrogens is 224 g/mol. The lowest BCUT2D eigenvalue weighted by atomic mass is 9.87. The molecule has 0 aromatic heterocycles. The quantitative estimate of drug-likeness (QED) is 0.746. The van der Waals surface area contributed by atoms with Gasteiger partial charge >= 0.3 is 0 Å². The highest BCUT2D eigenvalue weighted by atomic mass is 35.5. The Morgan fingerprint density at radius 1 is 1.00 bits per heavy atom. The monoisotopic (exact) mass is 232 g/mol. The van der Waals surface area contributed by atoms with Crippen LogP contribution in [0.2, 0.25) is 0 Å². The van der Waals surface area contributed by atoms with Crippen molar-refractivity contribution >= 4 is 23.2 Å². The topological polar surface area (TPSA) is 34.1 Å². The van der Waals surface area contributed by atoms with Crippen LogP contribution in [0.4, 0.5) is 0 Å². The molecule has 3 heteroatoms. The second kappa shape index (κ2) is 3.29. The lowest BCUT2D eigenvalue weighted by molar-refractivity contribution is 0.0976. The second-order valence-corrected chi connectivity index (χ2v) is 4.58. The fraction of sp³-hybridized carbons (Fsp3) is 0.231. The van der Waals surface area contributed by atoms with E-state index in [4.69, 9.17) is 11.6 Å². The summed E-state index contributed by atoms with van der Waals surface area (Å²) < 4.78 is 0. The highest BCUT2D eigenvalue weighted by molar-refractivity contribution is 6.50. The van der Waals surface area contributed by atoms with Crippen LogP contribution in [0.1, 0.15) is 33.6 Å². The fourth-order valence-corrected chi connectivity index (χ4v) is 2.44. The Morgan fingerprint density at radius 2 is 1.56 bits per heavy atom. The molecule has 1 aromatic rings. The van der Waals surface area contributed by atoms with E-state index in [1.54, 1.807) is 24.3 Å². The molecule has 0 saturated heterocycles. The van der Waals surface area contributed by atoms with E-state index >= 15 is 0 Å². The van der Waals surface area contributed by atoms with E-state index in [9.17, 15) is 9.59 Å². The molecule has 0 heterocycles. The minimum Gasteiger partial charge on any atom is -0.289 e. The first kappa shape index (κ1) is 9.79. The Hall–Kier alpha value is -1.41. The van der Waals surface area contributed by atoms with Crippen molar-refractivity contribution in [1.29, 1.82) is 0 Å². The van der Waals surface area contributed by atoms with Gasteiger partial charge in [-0.3, -0.25) is 9.59 Å². The number of halogens is 1. The first-order chi connectivity index (χ1) is 7.70. The Labute approximate surface area is 97.9 Å². The standard InChI is InChI=1S/C13H9ClO2/c14-11-10(7-5-6-7)12(15)8-3-1-2-4-9(8)13(11)16/h1-4,7H,5-6H2. The fourth-order valence-electron chi connectivity index (χ4n) is 2.10. The van der Waals surface area contributed by atoms with Gasteiger partial charge in [0.2, 0.25) is 5.78 Å². The van der Waals surface area contributed by atoms with Crippen molar-refractivity contribution in [3.63, 3.8) is 0 Å². The van der Waals surface area contributed by atoms with Crippen LogP contribution in [0, 0.1) is 5.92 Å². The molecule has 0 atom stereocenters. The summed E-state index contributed by atoms with van der Waals surface area (Å²) in [5.74, 6) is -0.0706. The van der Waals surface area contributed by atoms with E-state index in [1.807, 2.05) is 0 Å². The summed E-state index contributed by atoms with van der Waals surface area (Å²) >= 11 is 6.00. The van der Waals surface area contributed by atoms with Crippen molar-refractivity contribution < 1.29 is 9.59 Å². The third-order valence-corrected chi connectivity index (χ3v) is 3.46. The third kappa shape index (κ3) is 1.26. The highest BCUT2D eigenvalue weighted by Crippen LogP contribution is 2.43. The Kier molecular flexibility index (Phi) is 2.01. The third-order valence-electron chi connectivity index (χ3n) is 3.08. The zero-order valence-corrected chi connectivity index (χ0v) is 9.25. The van der Waals surface area contributed by atoms with Crippen molar-refractivity contribution in [2.75, 3.05) is 0 Å². The first-order valence-electron chi connectivity index (χ1n) is 5.28. The second-order valence-electron chi connectivity index (χ2n) is 4.21. The summed E-state index contributed by atoms with van der Waals surface area (Å²) in [6, 6.07) is 6.87. The summed E-state index contributed by atoms with van der Waals surface area (Å²) in [5, 5.41) is 0.131. The molecule has 2 nitrogen and oxygen atoms in total. The molecule has 0 N–H and O–H groups in total. The molecule has 0 amide bonds. The number of benzene rings is 1. The SMILES string of the molecule is O=C1C(Cl)=C(C2CC2)C(=O)c2ccccc21. The number of ketones is 2. The van der Waals surface area contributed by atoms with Gasteiger partial charge in [-0.25, -0.2) is 0 Å². The molecule has 1 fully saturated rings. The maximum absolute atomic E-state index is 12.2. The summed E-state index contributed by atoms with van der Waals surface area (Å²) in [7, 11) is 0. The van der Waals surface area contributed by atoms with Crippen LogP contribution >= 0.6 is 11.6 Å². The van der Waals surface area contributed by atoms with Gasteiger partial charge in [-0.15, -0.1) is 0 Å². The van der Waals surface area contributed by atoms with E-state index in [0.717, 1.165) is 12.8 Å². The number of hydrogen-bond acceptors (Lipinski definition) is 2. The van der Waals surface area contributed by atoms with Gasteiger partial charge in [-0.2, -0.15) is 0 Å². The van der Waals surface area contributed by atoms with E-state index in [1.165, 1.54) is 0 Å². The van der Waals surface area contributed by atoms with Crippen LogP contribution in [-0.2, 0) is 0 Å². The van der Waals surface area contributed by atoms with Gasteiger partial charge in [0, 0.05) is 16.7 Å². The van der Waals surface area contributed by atoms with Gasteiger partial charge in [0.05, 0.1) is 5.03 Å². The van der Waals surface area contributed by atoms with E-state index in [-0.39, 0.29) is 22.5 Å². The lowest BCUT2D eigenvalue weighted by Crippen LogP contribution is -2.20. The normalized spacial score (nSPS) is 20.1. The van der Waals surface area contributed by atoms with Crippen molar-refractivity contribution in [1.82, 2.24) is 0 Å². The Bertz CT molecular complexity index is 539. The molecule has 80 valence electrons. The van der Waals surface area contributed by atoms with Crippen molar-refractivity contribution in [2.24, 2.45) is 5.92 Å². The predicted molar refractivity (Wildman–Crippen MR) is 60.7 cm³/mol. The van der Waals surface area contributed by atoms with Crippen LogP contribution in [0.25, 0.3) is 0 Å². The lowest BCUT2D eigenvalue weighted by Gasteiger charge is -2.16. The van der Waals surface area contributed by atoms with Gasteiger partial charge in [0.25, 0.3) is 0 Å². The molecule has 0 aliphatic heterocycles. The van der Waals surface area contributed by atoms with Gasteiger partial charge in [0.1, 0.15) is 0 Å². The van der Waals surface area contributed by atoms with Crippen LogP contribution in [0.3, 0.4) is 0 Å². The van der Waals surface area contributed by atoms with E-state index in [0.29, 0.717) is 16.7 Å². The maximum atomic E-state index is 12.2. The summed E-state index contributed by atoms with van der Waals surface area (Å²) in [5.41, 5.74) is 1.46. The van der Waals surface area contributed by atoms with Crippen LogP contribution in [0.15, 0.2) is 34.9 Å². The van der Waals surface area contributed by atoms with E-state index in [2.05, 4.69) is 0 Å². The van der Waals surface area contributed by atoms with Crippen LogP contribution in [-0.4, -0.2) is 11.6 Å². The molecule has 1 aromatic carbocycles. The average molecular weight is 233 g/mol. The summed E-state index contributed by atoms with van der Waals surface area (Å²) in [6.07, 6.45) is 1.93. The van der Waals surface area contributed by atoms with E-state index < -0.39 is 0 Å². The number of fused-ring (bicyclic) bond motifs is 1. The molecule has 0 spiro atoms. The van der Waals surface area contributed by atoms with Gasteiger partial charge in [-0.05, 0) is 18.8 Å². The van der Waals surface area contributed by atoms with Gasteiger partial charge in [-0.1, -0.05) is 35.9 Å². The molecule has 1 saturated carbocycles. The molecular formula is C13H9ClO2. The largest absolute Gasteiger partial charge is 0.289 e. The van der Waals surface area contributed by atoms with Crippen molar-refractivity contribution in [2.45, 2.75) is 12.8 Å². The van der Waals surface area contributed by atoms with Crippen molar-refractivity contribution in [3.05, 3.63) is 46.0 Å². The summed E-state index contributed by atoms with van der Waals surface area (Å²) in [4.78, 5) is 24.1. The summed E-state index contributed by atoms with van der Waals surface area (Å²) in [6.45, 7) is 0. The molecule has 2 aliphatic rings. The first-order valence-corrected chi connectivity index (χ1v) is 5.66. The highest BCUT2D eigenvalue weighted by Gasteiger charge is 2.39. The average Bonchev–Trinajstić information content (AvgIpc) is 3.11. The van der Waals surface area contributed by atoms with Crippen LogP contribution in [0.5, 0.6) is 0 Å². The zero-order valence-electron chi connectivity index (χ0n) is 8.50. The van der Waals surface area contributed by atoms with Crippen LogP contribution < -0.4 is 0 Å². The number of allylic oxidation sites excluding steroid dienone is 2. The number of carbonyl (C=O) groups excluding carboxylic acids is 2. The molecule has 3 rings (SSSR count). The number of hydrogen-bond donors (Lipinski definition) is 0. The smallest absolute Gasteiger partial charge is 0.205 e. The number of carbonyl (C=O) groups is 2. The zero-order chi connectivity index (χ0) is 11.3. The van der Waals surface area contributed by atoms with Gasteiger partial charge in [0.15, 0.2) is 5.78 Å². The predicted octanol–water partition coefficient (Wildman–Crippen LogP) is 2.97. The number of rotatable bonds is 1. The maximum Gasteiger partial charge on any atom is 0.205 e. The Morgan fingerprint density at radius 3 is 2.12 bits per heavy atom. The number of Topliss-reactive ketones (excluding diaryl/α,β-unsaturated/α-hetero) is 2. The molecule has 0 radical (unpaired) electrons. The molecule has 2 aliphatic carbocycles. The van der Waals surface area contributed by atoms with Crippen molar-refractivity contribution in [3.8, 4) is 0 Å². The van der Waals surface area contributed by atoms with Gasteiger partial charge < -0.3 is 0 Å². The minimum atomic E-state index is -0.209. The molecule has 16 heavy (non-hydrogen) atoms. The molecule has 0 unspecified atom stereocenters. The molecule has 0 bridgehead atoms. The Balaban J connectivity index is 2.21.